The molecule has 8 nitrogen and oxygen atoms in total. The third kappa shape index (κ3) is 4.02. The molecule has 0 saturated carbocycles. The fraction of sp³-hybridized carbons (Fsp3) is 0.533. The highest BCUT2D eigenvalue weighted by Gasteiger charge is 2.31. The van der Waals surface area contributed by atoms with E-state index in [-0.39, 0.29) is 30.0 Å². The van der Waals surface area contributed by atoms with Crippen LogP contribution in [0.1, 0.15) is 23.1 Å². The highest BCUT2D eigenvalue weighted by Crippen LogP contribution is 2.13. The first-order valence-electron chi connectivity index (χ1n) is 7.47. The number of aryl methyl sites for hydroxylation is 1. The Balaban J connectivity index is 2.20. The summed E-state index contributed by atoms with van der Waals surface area (Å²) in [5, 5.41) is 2.59. The average molecular weight is 319 g/mol. The van der Waals surface area contributed by atoms with Crippen molar-refractivity contribution in [2.24, 2.45) is 5.92 Å². The summed E-state index contributed by atoms with van der Waals surface area (Å²) in [5.41, 5.74) is 0.964. The van der Waals surface area contributed by atoms with E-state index in [0.29, 0.717) is 19.6 Å². The van der Waals surface area contributed by atoms with E-state index in [1.54, 1.807) is 23.8 Å². The second-order valence-electron chi connectivity index (χ2n) is 5.57. The van der Waals surface area contributed by atoms with Gasteiger partial charge in [-0.2, -0.15) is 0 Å². The Kier molecular flexibility index (Phi) is 5.25. The van der Waals surface area contributed by atoms with E-state index in [2.05, 4.69) is 15.3 Å². The van der Waals surface area contributed by atoms with E-state index in [0.717, 1.165) is 5.69 Å². The molecule has 1 aliphatic heterocycles. The smallest absolute Gasteiger partial charge is 0.274 e. The van der Waals surface area contributed by atoms with Crippen LogP contribution in [0, 0.1) is 12.8 Å². The van der Waals surface area contributed by atoms with E-state index in [4.69, 9.17) is 0 Å². The van der Waals surface area contributed by atoms with Crippen LogP contribution < -0.4 is 5.32 Å². The van der Waals surface area contributed by atoms with Crippen molar-refractivity contribution in [2.75, 3.05) is 33.2 Å². The lowest BCUT2D eigenvalue weighted by atomic mass is 10.1. The fourth-order valence-electron chi connectivity index (χ4n) is 2.52. The van der Waals surface area contributed by atoms with Gasteiger partial charge in [0.2, 0.25) is 11.8 Å². The molecule has 3 amide bonds. The first-order chi connectivity index (χ1) is 10.9. The van der Waals surface area contributed by atoms with Crippen molar-refractivity contribution in [3.05, 3.63) is 23.8 Å². The monoisotopic (exact) mass is 319 g/mol. The molecular weight excluding hydrogens is 298 g/mol. The van der Waals surface area contributed by atoms with Crippen LogP contribution >= 0.6 is 0 Å². The van der Waals surface area contributed by atoms with Gasteiger partial charge in [0.05, 0.1) is 17.8 Å². The van der Waals surface area contributed by atoms with Crippen LogP contribution in [-0.2, 0) is 9.59 Å². The third-order valence-electron chi connectivity index (χ3n) is 3.87. The van der Waals surface area contributed by atoms with E-state index < -0.39 is 5.92 Å². The Bertz CT molecular complexity index is 602. The van der Waals surface area contributed by atoms with Crippen LogP contribution in [0.25, 0.3) is 0 Å². The van der Waals surface area contributed by atoms with Crippen LogP contribution in [0.5, 0.6) is 0 Å². The Hall–Kier alpha value is -2.51. The zero-order chi connectivity index (χ0) is 17.0. The summed E-state index contributed by atoms with van der Waals surface area (Å²) in [6.45, 7) is 4.56. The molecule has 1 saturated heterocycles. The SMILES string of the molecule is CNC(=O)C1CN(C(C)=O)CCN(C(=O)c2cnc(C)cn2)C1. The van der Waals surface area contributed by atoms with Gasteiger partial charge in [-0.15, -0.1) is 0 Å². The number of nitrogens with zero attached hydrogens (tertiary/aromatic N) is 4. The van der Waals surface area contributed by atoms with E-state index in [1.807, 2.05) is 0 Å². The van der Waals surface area contributed by atoms with Crippen molar-refractivity contribution >= 4 is 17.7 Å². The summed E-state index contributed by atoms with van der Waals surface area (Å²) in [5.74, 6) is -1.04. The number of carbonyl (C=O) groups is 3. The average Bonchev–Trinajstić information content (AvgIpc) is 2.77. The summed E-state index contributed by atoms with van der Waals surface area (Å²) in [4.78, 5) is 47.6. The molecule has 0 radical (unpaired) electrons. The van der Waals surface area contributed by atoms with Crippen molar-refractivity contribution in [2.45, 2.75) is 13.8 Å². The highest BCUT2D eigenvalue weighted by atomic mass is 16.2. The second-order valence-corrected chi connectivity index (χ2v) is 5.57. The van der Waals surface area contributed by atoms with Crippen molar-refractivity contribution in [3.8, 4) is 0 Å². The quantitative estimate of drug-likeness (QED) is 0.789. The largest absolute Gasteiger partial charge is 0.359 e. The first kappa shape index (κ1) is 16.9. The van der Waals surface area contributed by atoms with Gasteiger partial charge in [0.25, 0.3) is 5.91 Å². The zero-order valence-electron chi connectivity index (χ0n) is 13.6. The highest BCUT2D eigenvalue weighted by molar-refractivity contribution is 5.92. The Morgan fingerprint density at radius 1 is 1.13 bits per heavy atom. The molecule has 0 aliphatic carbocycles. The van der Waals surface area contributed by atoms with Gasteiger partial charge in [0, 0.05) is 46.3 Å². The predicted octanol–water partition coefficient (Wildman–Crippen LogP) is -0.548. The minimum absolute atomic E-state index is 0.108. The number of hydrogen-bond donors (Lipinski definition) is 1. The molecule has 1 aromatic heterocycles. The van der Waals surface area contributed by atoms with E-state index >= 15 is 0 Å². The summed E-state index contributed by atoms with van der Waals surface area (Å²) < 4.78 is 0. The van der Waals surface area contributed by atoms with Gasteiger partial charge in [0.15, 0.2) is 0 Å². The summed E-state index contributed by atoms with van der Waals surface area (Å²) >= 11 is 0. The lowest BCUT2D eigenvalue weighted by Gasteiger charge is -2.22. The molecule has 1 aliphatic rings. The Morgan fingerprint density at radius 3 is 2.35 bits per heavy atom. The van der Waals surface area contributed by atoms with E-state index in [9.17, 15) is 14.4 Å². The normalized spacial score (nSPS) is 18.3. The molecule has 0 bridgehead atoms. The van der Waals surface area contributed by atoms with Crippen molar-refractivity contribution < 1.29 is 14.4 Å². The number of carbonyl (C=O) groups excluding carboxylic acids is 3. The molecule has 1 aromatic rings. The minimum Gasteiger partial charge on any atom is -0.359 e. The molecule has 1 N–H and O–H groups in total. The van der Waals surface area contributed by atoms with Gasteiger partial charge in [0.1, 0.15) is 5.69 Å². The number of amides is 3. The zero-order valence-corrected chi connectivity index (χ0v) is 13.6. The summed E-state index contributed by atoms with van der Waals surface area (Å²) in [6, 6.07) is 0. The van der Waals surface area contributed by atoms with E-state index in [1.165, 1.54) is 19.3 Å². The third-order valence-corrected chi connectivity index (χ3v) is 3.87. The van der Waals surface area contributed by atoms with Crippen molar-refractivity contribution in [1.29, 1.82) is 0 Å². The van der Waals surface area contributed by atoms with Crippen LogP contribution in [0.4, 0.5) is 0 Å². The molecule has 23 heavy (non-hydrogen) atoms. The maximum Gasteiger partial charge on any atom is 0.274 e. The minimum atomic E-state index is -0.464. The van der Waals surface area contributed by atoms with Crippen molar-refractivity contribution in [3.63, 3.8) is 0 Å². The number of hydrogen-bond acceptors (Lipinski definition) is 5. The maximum atomic E-state index is 12.6. The van der Waals surface area contributed by atoms with Gasteiger partial charge >= 0.3 is 0 Å². The van der Waals surface area contributed by atoms with Crippen LogP contribution in [0.3, 0.4) is 0 Å². The summed E-state index contributed by atoms with van der Waals surface area (Å²) in [7, 11) is 1.54. The molecule has 1 unspecified atom stereocenters. The van der Waals surface area contributed by atoms with Crippen molar-refractivity contribution in [1.82, 2.24) is 25.1 Å². The molecule has 0 aromatic carbocycles. The van der Waals surface area contributed by atoms with Gasteiger partial charge in [-0.1, -0.05) is 0 Å². The first-order valence-corrected chi connectivity index (χ1v) is 7.47. The molecule has 1 atom stereocenters. The lowest BCUT2D eigenvalue weighted by Crippen LogP contribution is -2.42. The molecule has 8 heteroatoms. The standard InChI is InChI=1S/C15H21N5O3/c1-10-6-18-13(7-17-10)15(23)20-5-4-19(11(2)21)8-12(9-20)14(22)16-3/h6-7,12H,4-5,8-9H2,1-3H3,(H,16,22). The fourth-order valence-corrected chi connectivity index (χ4v) is 2.52. The maximum absolute atomic E-state index is 12.6. The number of aromatic nitrogens is 2. The molecule has 124 valence electrons. The predicted molar refractivity (Wildman–Crippen MR) is 82.5 cm³/mol. The number of nitrogens with one attached hydrogen (secondary N) is 1. The lowest BCUT2D eigenvalue weighted by molar-refractivity contribution is -0.130. The molecule has 0 spiro atoms. The van der Waals surface area contributed by atoms with Crippen LogP contribution in [0.15, 0.2) is 12.4 Å². The molecule has 2 heterocycles. The summed E-state index contributed by atoms with van der Waals surface area (Å²) in [6.07, 6.45) is 2.96. The molecular formula is C15H21N5O3. The van der Waals surface area contributed by atoms with Gasteiger partial charge in [-0.3, -0.25) is 19.4 Å². The Morgan fingerprint density at radius 2 is 1.78 bits per heavy atom. The van der Waals surface area contributed by atoms with Gasteiger partial charge in [-0.05, 0) is 6.92 Å². The van der Waals surface area contributed by atoms with Gasteiger partial charge in [-0.25, -0.2) is 4.98 Å². The molecule has 1 fully saturated rings. The van der Waals surface area contributed by atoms with Crippen LogP contribution in [-0.4, -0.2) is 70.7 Å². The molecule has 2 rings (SSSR count). The Labute approximate surface area is 134 Å². The van der Waals surface area contributed by atoms with Gasteiger partial charge < -0.3 is 15.1 Å². The topological polar surface area (TPSA) is 95.5 Å². The number of rotatable bonds is 2. The van der Waals surface area contributed by atoms with Crippen LogP contribution in [0.2, 0.25) is 0 Å². The second kappa shape index (κ2) is 7.17.